The molecule has 4 nitrogen and oxygen atoms in total. The van der Waals surface area contributed by atoms with Crippen molar-refractivity contribution in [3.63, 3.8) is 0 Å². The molecule has 1 aromatic carbocycles. The Kier molecular flexibility index (Phi) is 5.82. The van der Waals surface area contributed by atoms with Crippen LogP contribution >= 0.6 is 15.9 Å². The molecule has 0 radical (unpaired) electrons. The Bertz CT molecular complexity index is 589. The van der Waals surface area contributed by atoms with Gasteiger partial charge in [-0.15, -0.1) is 0 Å². The fraction of sp³-hybridized carbons (Fsp3) is 0.600. The van der Waals surface area contributed by atoms with E-state index in [-0.39, 0.29) is 6.04 Å². The average Bonchev–Trinajstić information content (AvgIpc) is 2.66. The predicted octanol–water partition coefficient (Wildman–Crippen LogP) is 3.12. The van der Waals surface area contributed by atoms with Crippen LogP contribution in [0.25, 0.3) is 0 Å². The second-order valence-electron chi connectivity index (χ2n) is 5.61. The third-order valence-electron chi connectivity index (χ3n) is 3.96. The van der Waals surface area contributed by atoms with Crippen LogP contribution in [0.15, 0.2) is 27.6 Å². The van der Waals surface area contributed by atoms with Crippen LogP contribution in [0.5, 0.6) is 0 Å². The van der Waals surface area contributed by atoms with E-state index in [9.17, 15) is 8.42 Å². The van der Waals surface area contributed by atoms with E-state index in [2.05, 4.69) is 21.2 Å². The lowest BCUT2D eigenvalue weighted by molar-refractivity contribution is 0.342. The molecule has 1 atom stereocenters. The molecule has 21 heavy (non-hydrogen) atoms. The fourth-order valence-electron chi connectivity index (χ4n) is 2.79. The zero-order chi connectivity index (χ0) is 15.5. The molecular formula is C15H23BrN2O2S. The Morgan fingerprint density at radius 2 is 2.10 bits per heavy atom. The minimum atomic E-state index is -3.45. The second kappa shape index (κ2) is 7.22. The van der Waals surface area contributed by atoms with Crippen LogP contribution in [0.2, 0.25) is 0 Å². The van der Waals surface area contributed by atoms with Gasteiger partial charge in [0.1, 0.15) is 0 Å². The van der Waals surface area contributed by atoms with Gasteiger partial charge in [0.15, 0.2) is 0 Å². The first-order valence-corrected chi connectivity index (χ1v) is 9.65. The van der Waals surface area contributed by atoms with Crippen molar-refractivity contribution >= 4 is 26.0 Å². The maximum absolute atomic E-state index is 13.0. The van der Waals surface area contributed by atoms with Crippen molar-refractivity contribution in [3.05, 3.63) is 28.2 Å². The SMILES string of the molecule is CNCc1ccc(Br)c(S(=O)(=O)N2CCCCCC2C)c1. The van der Waals surface area contributed by atoms with Crippen LogP contribution < -0.4 is 5.32 Å². The Balaban J connectivity index is 2.40. The van der Waals surface area contributed by atoms with E-state index >= 15 is 0 Å². The highest BCUT2D eigenvalue weighted by molar-refractivity contribution is 9.10. The number of sulfonamides is 1. The molecule has 1 heterocycles. The lowest BCUT2D eigenvalue weighted by Gasteiger charge is -2.27. The topological polar surface area (TPSA) is 49.4 Å². The van der Waals surface area contributed by atoms with Gasteiger partial charge in [0, 0.05) is 23.6 Å². The highest BCUT2D eigenvalue weighted by atomic mass is 79.9. The second-order valence-corrected chi connectivity index (χ2v) is 8.32. The van der Waals surface area contributed by atoms with E-state index in [0.29, 0.717) is 22.5 Å². The number of nitrogens with one attached hydrogen (secondary N) is 1. The molecule has 1 aliphatic rings. The number of rotatable bonds is 4. The quantitative estimate of drug-likeness (QED) is 0.880. The molecular weight excluding hydrogens is 352 g/mol. The molecule has 0 saturated carbocycles. The third-order valence-corrected chi connectivity index (χ3v) is 6.96. The Labute approximate surface area is 136 Å². The lowest BCUT2D eigenvalue weighted by Crippen LogP contribution is -2.38. The molecule has 0 aliphatic carbocycles. The first-order valence-electron chi connectivity index (χ1n) is 7.41. The smallest absolute Gasteiger partial charge is 0.244 e. The number of halogens is 1. The summed E-state index contributed by atoms with van der Waals surface area (Å²) >= 11 is 3.40. The summed E-state index contributed by atoms with van der Waals surface area (Å²) in [7, 11) is -1.59. The van der Waals surface area contributed by atoms with Crippen LogP contribution in [0.3, 0.4) is 0 Å². The van der Waals surface area contributed by atoms with Crippen molar-refractivity contribution < 1.29 is 8.42 Å². The van der Waals surface area contributed by atoms with E-state index in [1.165, 1.54) is 0 Å². The van der Waals surface area contributed by atoms with Crippen LogP contribution in [-0.4, -0.2) is 32.4 Å². The minimum absolute atomic E-state index is 0.0670. The van der Waals surface area contributed by atoms with E-state index in [1.807, 2.05) is 26.1 Å². The van der Waals surface area contributed by atoms with Crippen LogP contribution in [0, 0.1) is 0 Å². The van der Waals surface area contributed by atoms with Crippen molar-refractivity contribution in [1.82, 2.24) is 9.62 Å². The predicted molar refractivity (Wildman–Crippen MR) is 88.7 cm³/mol. The molecule has 1 aromatic rings. The highest BCUT2D eigenvalue weighted by Gasteiger charge is 2.31. The molecule has 2 rings (SSSR count). The van der Waals surface area contributed by atoms with E-state index < -0.39 is 10.0 Å². The van der Waals surface area contributed by atoms with Gasteiger partial charge in [-0.3, -0.25) is 0 Å². The van der Waals surface area contributed by atoms with Crippen molar-refractivity contribution in [1.29, 1.82) is 0 Å². The first kappa shape index (κ1) is 16.9. The normalized spacial score (nSPS) is 21.2. The molecule has 0 amide bonds. The lowest BCUT2D eigenvalue weighted by atomic mass is 10.1. The summed E-state index contributed by atoms with van der Waals surface area (Å²) in [5, 5.41) is 3.06. The Morgan fingerprint density at radius 1 is 1.33 bits per heavy atom. The van der Waals surface area contributed by atoms with Gasteiger partial charge in [-0.1, -0.05) is 18.9 Å². The summed E-state index contributed by atoms with van der Waals surface area (Å²) in [5.41, 5.74) is 0.974. The molecule has 0 bridgehead atoms. The highest BCUT2D eigenvalue weighted by Crippen LogP contribution is 2.30. The molecule has 0 aromatic heterocycles. The zero-order valence-electron chi connectivity index (χ0n) is 12.6. The van der Waals surface area contributed by atoms with Crippen molar-refractivity contribution in [2.24, 2.45) is 0 Å². The Morgan fingerprint density at radius 3 is 2.81 bits per heavy atom. The fourth-order valence-corrected chi connectivity index (χ4v) is 5.47. The Hall–Kier alpha value is -0.430. The van der Waals surface area contributed by atoms with E-state index in [0.717, 1.165) is 31.2 Å². The van der Waals surface area contributed by atoms with Gasteiger partial charge >= 0.3 is 0 Å². The summed E-state index contributed by atoms with van der Waals surface area (Å²) in [4.78, 5) is 0.379. The molecule has 118 valence electrons. The van der Waals surface area contributed by atoms with Crippen molar-refractivity contribution in [2.75, 3.05) is 13.6 Å². The summed E-state index contributed by atoms with van der Waals surface area (Å²) in [6.45, 7) is 3.28. The molecule has 1 unspecified atom stereocenters. The maximum atomic E-state index is 13.0. The number of nitrogens with zero attached hydrogens (tertiary/aromatic N) is 1. The molecule has 1 aliphatic heterocycles. The summed E-state index contributed by atoms with van der Waals surface area (Å²) < 4.78 is 28.3. The molecule has 6 heteroatoms. The summed E-state index contributed by atoms with van der Waals surface area (Å²) in [6.07, 6.45) is 4.09. The van der Waals surface area contributed by atoms with Gasteiger partial charge in [0.25, 0.3) is 0 Å². The van der Waals surface area contributed by atoms with E-state index in [4.69, 9.17) is 0 Å². The van der Waals surface area contributed by atoms with E-state index in [1.54, 1.807) is 10.4 Å². The average molecular weight is 375 g/mol. The summed E-state index contributed by atoms with van der Waals surface area (Å²) in [5.74, 6) is 0. The molecule has 1 N–H and O–H groups in total. The van der Waals surface area contributed by atoms with Gasteiger partial charge in [0.05, 0.1) is 4.90 Å². The van der Waals surface area contributed by atoms with Gasteiger partial charge < -0.3 is 5.32 Å². The number of hydrogen-bond donors (Lipinski definition) is 1. The largest absolute Gasteiger partial charge is 0.316 e. The van der Waals surface area contributed by atoms with Crippen molar-refractivity contribution in [2.45, 2.75) is 50.1 Å². The molecule has 0 spiro atoms. The van der Waals surface area contributed by atoms with Crippen LogP contribution in [0.1, 0.15) is 38.2 Å². The van der Waals surface area contributed by atoms with Gasteiger partial charge in [-0.05, 0) is 60.4 Å². The number of hydrogen-bond acceptors (Lipinski definition) is 3. The number of benzene rings is 1. The molecule has 1 fully saturated rings. The monoisotopic (exact) mass is 374 g/mol. The first-order chi connectivity index (χ1) is 9.96. The third kappa shape index (κ3) is 3.86. The molecule has 1 saturated heterocycles. The van der Waals surface area contributed by atoms with Gasteiger partial charge in [0.2, 0.25) is 10.0 Å². The van der Waals surface area contributed by atoms with Crippen LogP contribution in [0.4, 0.5) is 0 Å². The minimum Gasteiger partial charge on any atom is -0.316 e. The zero-order valence-corrected chi connectivity index (χ0v) is 15.0. The standard InChI is InChI=1S/C15H23BrN2O2S/c1-12-6-4-3-5-9-18(12)21(19,20)15-10-13(11-17-2)7-8-14(15)16/h7-8,10,12,17H,3-6,9,11H2,1-2H3. The van der Waals surface area contributed by atoms with Gasteiger partial charge in [-0.2, -0.15) is 4.31 Å². The van der Waals surface area contributed by atoms with Gasteiger partial charge in [-0.25, -0.2) is 8.42 Å². The maximum Gasteiger partial charge on any atom is 0.244 e. The van der Waals surface area contributed by atoms with Crippen molar-refractivity contribution in [3.8, 4) is 0 Å². The van der Waals surface area contributed by atoms with Crippen LogP contribution in [-0.2, 0) is 16.6 Å². The summed E-state index contributed by atoms with van der Waals surface area (Å²) in [6, 6.07) is 5.60.